The van der Waals surface area contributed by atoms with E-state index in [4.69, 9.17) is 10.5 Å². The molecule has 0 radical (unpaired) electrons. The molecule has 1 atom stereocenters. The molecule has 3 N–H and O–H groups in total. The van der Waals surface area contributed by atoms with Gasteiger partial charge in [0, 0.05) is 38.0 Å². The van der Waals surface area contributed by atoms with Gasteiger partial charge in [-0.1, -0.05) is 24.3 Å². The monoisotopic (exact) mass is 425 g/mol. The van der Waals surface area contributed by atoms with E-state index in [1.54, 1.807) is 38.4 Å². The van der Waals surface area contributed by atoms with Gasteiger partial charge in [0.05, 0.1) is 12.0 Å². The molecule has 1 aliphatic rings. The van der Waals surface area contributed by atoms with Crippen molar-refractivity contribution < 1.29 is 29.0 Å². The molecule has 31 heavy (non-hydrogen) atoms. The van der Waals surface area contributed by atoms with Crippen molar-refractivity contribution >= 4 is 29.4 Å². The molecular weight excluding hydrogens is 402 g/mol. The minimum atomic E-state index is -1.81. The number of hydrogen-bond acceptors (Lipinski definition) is 6. The van der Waals surface area contributed by atoms with E-state index in [-0.39, 0.29) is 34.7 Å². The molecule has 1 heterocycles. The van der Waals surface area contributed by atoms with Crippen molar-refractivity contribution in [2.75, 3.05) is 33.5 Å². The summed E-state index contributed by atoms with van der Waals surface area (Å²) >= 11 is 0. The maximum absolute atomic E-state index is 12.5. The highest BCUT2D eigenvalue weighted by Gasteiger charge is 2.54. The number of carboxylic acid groups (broad SMARTS) is 1. The van der Waals surface area contributed by atoms with E-state index >= 15 is 0 Å². The van der Waals surface area contributed by atoms with Crippen LogP contribution in [0.2, 0.25) is 0 Å². The molecular formula is C22H23N3O6. The second-order valence-electron chi connectivity index (χ2n) is 7.53. The van der Waals surface area contributed by atoms with Crippen LogP contribution in [-0.4, -0.2) is 66.4 Å². The minimum absolute atomic E-state index is 0.191. The molecule has 0 saturated heterocycles. The third kappa shape index (κ3) is 3.70. The number of esters is 1. The van der Waals surface area contributed by atoms with Crippen LogP contribution in [-0.2, 0) is 26.3 Å². The van der Waals surface area contributed by atoms with E-state index in [9.17, 15) is 24.3 Å². The van der Waals surface area contributed by atoms with E-state index in [2.05, 4.69) is 0 Å². The average Bonchev–Trinajstić information content (AvgIpc) is 2.95. The Hall–Kier alpha value is -3.88. The normalized spacial score (nSPS) is 17.3. The Morgan fingerprint density at radius 1 is 1.16 bits per heavy atom. The number of ether oxygens (including phenoxy) is 1. The zero-order valence-corrected chi connectivity index (χ0v) is 17.4. The number of aliphatic carboxylic acids is 1. The Morgan fingerprint density at radius 2 is 1.84 bits per heavy atom. The number of benzene rings is 2. The maximum atomic E-state index is 12.5. The van der Waals surface area contributed by atoms with Crippen molar-refractivity contribution in [3.63, 3.8) is 0 Å². The fourth-order valence-electron chi connectivity index (χ4n) is 3.60. The third-order valence-corrected chi connectivity index (χ3v) is 5.38. The van der Waals surface area contributed by atoms with Gasteiger partial charge in [-0.05, 0) is 23.8 Å². The Kier molecular flexibility index (Phi) is 5.70. The number of amides is 2. The summed E-state index contributed by atoms with van der Waals surface area (Å²) in [5.74, 6) is -2.76. The molecule has 0 fully saturated rings. The smallest absolute Gasteiger partial charge is 0.338 e. The zero-order chi connectivity index (χ0) is 22.9. The standard InChI is InChI=1S/C22H23N3O6/c1-24(2)19(27)15-10-13(8-9-17(15)23)11-18(26)31-12-22(21(29)30)16-7-5-4-6-14(16)20(28)25(22)3/h4-10H,11-12,23H2,1-3H3,(H,29,30)/t22-/m0/s1. The number of nitrogens with zero attached hydrogens (tertiary/aromatic N) is 2. The van der Waals surface area contributed by atoms with Crippen LogP contribution in [0, 0.1) is 0 Å². The Bertz CT molecular complexity index is 1080. The topological polar surface area (TPSA) is 130 Å². The van der Waals surface area contributed by atoms with E-state index < -0.39 is 30.0 Å². The quantitative estimate of drug-likeness (QED) is 0.524. The summed E-state index contributed by atoms with van der Waals surface area (Å²) in [7, 11) is 4.54. The number of likely N-dealkylation sites (N-methyl/N-ethyl adjacent to an activating group) is 1. The van der Waals surface area contributed by atoms with Crippen LogP contribution in [0.5, 0.6) is 0 Å². The molecule has 3 rings (SSSR count). The van der Waals surface area contributed by atoms with Gasteiger partial charge in [0.2, 0.25) is 5.54 Å². The van der Waals surface area contributed by atoms with Gasteiger partial charge in [0.25, 0.3) is 11.8 Å². The summed E-state index contributed by atoms with van der Waals surface area (Å²) in [5, 5.41) is 9.94. The van der Waals surface area contributed by atoms with Crippen molar-refractivity contribution in [1.82, 2.24) is 9.80 Å². The summed E-state index contributed by atoms with van der Waals surface area (Å²) in [5.41, 5.74) is 5.61. The molecule has 1 aliphatic heterocycles. The highest BCUT2D eigenvalue weighted by Crippen LogP contribution is 2.38. The van der Waals surface area contributed by atoms with E-state index in [1.165, 1.54) is 30.1 Å². The number of carbonyl (C=O) groups is 4. The number of hydrogen-bond donors (Lipinski definition) is 2. The summed E-state index contributed by atoms with van der Waals surface area (Å²) in [4.78, 5) is 51.9. The number of nitrogen functional groups attached to an aromatic ring is 1. The molecule has 0 unspecified atom stereocenters. The van der Waals surface area contributed by atoms with Gasteiger partial charge in [0.15, 0.2) is 0 Å². The molecule has 0 saturated carbocycles. The molecule has 162 valence electrons. The molecule has 0 spiro atoms. The predicted molar refractivity (Wildman–Crippen MR) is 111 cm³/mol. The van der Waals surface area contributed by atoms with Crippen molar-refractivity contribution in [1.29, 1.82) is 0 Å². The number of nitrogens with two attached hydrogens (primary N) is 1. The first kappa shape index (κ1) is 21.8. The molecule has 9 nitrogen and oxygen atoms in total. The SMILES string of the molecule is CN(C)C(=O)c1cc(CC(=O)OC[C@@]2(C(=O)O)c3ccccc3C(=O)N2C)ccc1N. The van der Waals surface area contributed by atoms with Crippen LogP contribution in [0.3, 0.4) is 0 Å². The summed E-state index contributed by atoms with van der Waals surface area (Å²) in [6.07, 6.45) is -0.191. The van der Waals surface area contributed by atoms with E-state index in [0.717, 1.165) is 4.90 Å². The first-order valence-electron chi connectivity index (χ1n) is 9.46. The lowest BCUT2D eigenvalue weighted by Gasteiger charge is -2.32. The van der Waals surface area contributed by atoms with Crippen LogP contribution < -0.4 is 5.73 Å². The second-order valence-corrected chi connectivity index (χ2v) is 7.53. The van der Waals surface area contributed by atoms with Crippen LogP contribution in [0.1, 0.15) is 31.8 Å². The molecule has 9 heteroatoms. The van der Waals surface area contributed by atoms with Crippen LogP contribution in [0.25, 0.3) is 0 Å². The fraction of sp³-hybridized carbons (Fsp3) is 0.273. The van der Waals surface area contributed by atoms with Crippen molar-refractivity contribution in [2.24, 2.45) is 0 Å². The number of anilines is 1. The molecule has 2 amide bonds. The van der Waals surface area contributed by atoms with Crippen molar-refractivity contribution in [3.05, 3.63) is 64.7 Å². The molecule has 2 aromatic rings. The second kappa shape index (κ2) is 8.10. The molecule has 2 aromatic carbocycles. The van der Waals surface area contributed by atoms with Gasteiger partial charge >= 0.3 is 11.9 Å². The van der Waals surface area contributed by atoms with Gasteiger partial charge in [-0.15, -0.1) is 0 Å². The van der Waals surface area contributed by atoms with Gasteiger partial charge < -0.3 is 25.4 Å². The number of carboxylic acids is 1. The molecule has 0 aromatic heterocycles. The fourth-order valence-corrected chi connectivity index (χ4v) is 3.60. The molecule has 0 bridgehead atoms. The third-order valence-electron chi connectivity index (χ3n) is 5.38. The molecule has 0 aliphatic carbocycles. The van der Waals surface area contributed by atoms with E-state index in [0.29, 0.717) is 5.56 Å². The number of fused-ring (bicyclic) bond motifs is 1. The van der Waals surface area contributed by atoms with Gasteiger partial charge in [-0.25, -0.2) is 4.79 Å². The zero-order valence-electron chi connectivity index (χ0n) is 17.4. The van der Waals surface area contributed by atoms with Gasteiger partial charge in [-0.2, -0.15) is 0 Å². The first-order chi connectivity index (χ1) is 14.6. The van der Waals surface area contributed by atoms with Crippen LogP contribution in [0.15, 0.2) is 42.5 Å². The first-order valence-corrected chi connectivity index (χ1v) is 9.46. The number of carbonyl (C=O) groups excluding carboxylic acids is 3. The summed E-state index contributed by atoms with van der Waals surface area (Å²) in [6, 6.07) is 11.0. The Labute approximate surface area is 179 Å². The Morgan fingerprint density at radius 3 is 2.48 bits per heavy atom. The average molecular weight is 425 g/mol. The van der Waals surface area contributed by atoms with Crippen LogP contribution in [0.4, 0.5) is 5.69 Å². The largest absolute Gasteiger partial charge is 0.479 e. The minimum Gasteiger partial charge on any atom is -0.479 e. The van der Waals surface area contributed by atoms with Crippen molar-refractivity contribution in [2.45, 2.75) is 12.0 Å². The highest BCUT2D eigenvalue weighted by molar-refractivity contribution is 6.05. The Balaban J connectivity index is 1.80. The maximum Gasteiger partial charge on any atom is 0.338 e. The highest BCUT2D eigenvalue weighted by atomic mass is 16.5. The van der Waals surface area contributed by atoms with Gasteiger partial charge in [0.1, 0.15) is 6.61 Å². The van der Waals surface area contributed by atoms with Crippen LogP contribution >= 0.6 is 0 Å². The summed E-state index contributed by atoms with van der Waals surface area (Å²) in [6.45, 7) is -0.543. The number of rotatable bonds is 6. The summed E-state index contributed by atoms with van der Waals surface area (Å²) < 4.78 is 5.31. The lowest BCUT2D eigenvalue weighted by molar-refractivity contribution is -0.159. The lowest BCUT2D eigenvalue weighted by Crippen LogP contribution is -2.51. The predicted octanol–water partition coefficient (Wildman–Crippen LogP) is 1.12. The van der Waals surface area contributed by atoms with Crippen molar-refractivity contribution in [3.8, 4) is 0 Å². The van der Waals surface area contributed by atoms with Gasteiger partial charge in [-0.3, -0.25) is 14.4 Å². The lowest BCUT2D eigenvalue weighted by atomic mass is 9.90. The van der Waals surface area contributed by atoms with E-state index in [1.807, 2.05) is 0 Å².